The molecule has 5 nitrogen and oxygen atoms in total. The van der Waals surface area contributed by atoms with Crippen LogP contribution in [-0.2, 0) is 9.59 Å². The molecule has 0 aliphatic rings. The highest BCUT2D eigenvalue weighted by atomic mass is 16.4. The number of carboxylic acids is 1. The van der Waals surface area contributed by atoms with Gasteiger partial charge in [-0.3, -0.25) is 9.59 Å². The molecular formula is C14H28N2O3. The molecular weight excluding hydrogens is 244 g/mol. The second-order valence-electron chi connectivity index (χ2n) is 5.26. The van der Waals surface area contributed by atoms with Crippen molar-refractivity contribution in [2.75, 3.05) is 13.1 Å². The maximum atomic E-state index is 11.5. The van der Waals surface area contributed by atoms with Crippen LogP contribution in [0.25, 0.3) is 0 Å². The van der Waals surface area contributed by atoms with Crippen LogP contribution in [0.5, 0.6) is 0 Å². The number of carbonyl (C=O) groups excluding carboxylic acids is 1. The van der Waals surface area contributed by atoms with Crippen molar-refractivity contribution in [1.82, 2.24) is 10.6 Å². The monoisotopic (exact) mass is 272 g/mol. The molecule has 0 heterocycles. The molecule has 5 heteroatoms. The highest BCUT2D eigenvalue weighted by Gasteiger charge is 2.10. The van der Waals surface area contributed by atoms with Crippen LogP contribution in [0.15, 0.2) is 0 Å². The predicted octanol–water partition coefficient (Wildman–Crippen LogP) is 1.77. The topological polar surface area (TPSA) is 78.4 Å². The minimum atomic E-state index is -0.744. The molecule has 0 aromatic heterocycles. The summed E-state index contributed by atoms with van der Waals surface area (Å²) in [5, 5.41) is 14.6. The van der Waals surface area contributed by atoms with Crippen LogP contribution in [0.3, 0.4) is 0 Å². The Kier molecular flexibility index (Phi) is 10.2. The first kappa shape index (κ1) is 17.9. The summed E-state index contributed by atoms with van der Waals surface area (Å²) in [6.45, 7) is 7.06. The van der Waals surface area contributed by atoms with E-state index in [1.165, 1.54) is 0 Å². The summed E-state index contributed by atoms with van der Waals surface area (Å²) < 4.78 is 0. The van der Waals surface area contributed by atoms with Crippen molar-refractivity contribution < 1.29 is 14.7 Å². The molecule has 112 valence electrons. The molecule has 0 fully saturated rings. The molecule has 0 aliphatic carbocycles. The smallest absolute Gasteiger partial charge is 0.303 e. The van der Waals surface area contributed by atoms with Gasteiger partial charge in [0.05, 0.1) is 6.54 Å². The summed E-state index contributed by atoms with van der Waals surface area (Å²) in [7, 11) is 0. The highest BCUT2D eigenvalue weighted by Crippen LogP contribution is 2.16. The van der Waals surface area contributed by atoms with Crippen LogP contribution in [0.1, 0.15) is 52.9 Å². The minimum absolute atomic E-state index is 0.00202. The molecule has 0 aliphatic heterocycles. The van der Waals surface area contributed by atoms with E-state index in [0.29, 0.717) is 31.5 Å². The van der Waals surface area contributed by atoms with Crippen molar-refractivity contribution in [2.24, 2.45) is 5.92 Å². The number of nitrogens with one attached hydrogen (secondary N) is 2. The van der Waals surface area contributed by atoms with Crippen LogP contribution in [0.2, 0.25) is 0 Å². The van der Waals surface area contributed by atoms with Crippen molar-refractivity contribution >= 4 is 11.9 Å². The lowest BCUT2D eigenvalue weighted by Gasteiger charge is -2.15. The summed E-state index contributed by atoms with van der Waals surface area (Å²) in [5.74, 6) is -0.354. The fourth-order valence-corrected chi connectivity index (χ4v) is 1.94. The van der Waals surface area contributed by atoms with E-state index in [1.807, 2.05) is 13.8 Å². The third-order valence-corrected chi connectivity index (χ3v) is 3.01. The quantitative estimate of drug-likeness (QED) is 0.535. The van der Waals surface area contributed by atoms with E-state index in [4.69, 9.17) is 5.11 Å². The van der Waals surface area contributed by atoms with Crippen LogP contribution >= 0.6 is 0 Å². The molecule has 19 heavy (non-hydrogen) atoms. The molecule has 0 saturated carbocycles. The van der Waals surface area contributed by atoms with Crippen molar-refractivity contribution in [3.05, 3.63) is 0 Å². The lowest BCUT2D eigenvalue weighted by Crippen LogP contribution is -2.37. The predicted molar refractivity (Wildman–Crippen MR) is 76.0 cm³/mol. The maximum Gasteiger partial charge on any atom is 0.303 e. The Labute approximate surface area is 116 Å². The zero-order valence-electron chi connectivity index (χ0n) is 12.4. The van der Waals surface area contributed by atoms with Gasteiger partial charge in [0, 0.05) is 19.0 Å². The molecule has 0 aromatic rings. The lowest BCUT2D eigenvalue weighted by molar-refractivity contribution is -0.137. The Morgan fingerprint density at radius 1 is 1.16 bits per heavy atom. The van der Waals surface area contributed by atoms with Gasteiger partial charge in [-0.05, 0) is 18.8 Å². The number of hydrogen-bond acceptors (Lipinski definition) is 3. The molecule has 0 aromatic carbocycles. The normalized spacial score (nSPS) is 12.4. The average Bonchev–Trinajstić information content (AvgIpc) is 2.33. The van der Waals surface area contributed by atoms with Crippen LogP contribution in [-0.4, -0.2) is 36.1 Å². The van der Waals surface area contributed by atoms with Gasteiger partial charge in [0.2, 0.25) is 5.91 Å². The minimum Gasteiger partial charge on any atom is -0.481 e. The van der Waals surface area contributed by atoms with Gasteiger partial charge >= 0.3 is 5.97 Å². The number of amides is 1. The Balaban J connectivity index is 3.78. The summed E-state index contributed by atoms with van der Waals surface area (Å²) in [5.41, 5.74) is 0. The first-order valence-electron chi connectivity index (χ1n) is 7.17. The molecule has 1 amide bonds. The van der Waals surface area contributed by atoms with E-state index in [-0.39, 0.29) is 12.3 Å². The summed E-state index contributed by atoms with van der Waals surface area (Å²) >= 11 is 0. The molecule has 0 rings (SSSR count). The van der Waals surface area contributed by atoms with E-state index >= 15 is 0 Å². The zero-order chi connectivity index (χ0) is 14.7. The zero-order valence-corrected chi connectivity index (χ0v) is 12.4. The SMILES string of the molecule is CCCC(CCNC(=O)CNC(C)C)CCC(=O)O. The first-order chi connectivity index (χ1) is 8.95. The van der Waals surface area contributed by atoms with Crippen LogP contribution < -0.4 is 10.6 Å². The van der Waals surface area contributed by atoms with E-state index < -0.39 is 5.97 Å². The molecule has 1 unspecified atom stereocenters. The fraction of sp³-hybridized carbons (Fsp3) is 0.857. The van der Waals surface area contributed by atoms with E-state index in [2.05, 4.69) is 17.6 Å². The van der Waals surface area contributed by atoms with Gasteiger partial charge in [-0.1, -0.05) is 33.6 Å². The molecule has 3 N–H and O–H groups in total. The van der Waals surface area contributed by atoms with Gasteiger partial charge in [-0.2, -0.15) is 0 Å². The van der Waals surface area contributed by atoms with Gasteiger partial charge in [0.25, 0.3) is 0 Å². The van der Waals surface area contributed by atoms with Gasteiger partial charge in [0.1, 0.15) is 0 Å². The fourth-order valence-electron chi connectivity index (χ4n) is 1.94. The van der Waals surface area contributed by atoms with E-state index in [1.54, 1.807) is 0 Å². The lowest BCUT2D eigenvalue weighted by atomic mass is 9.94. The van der Waals surface area contributed by atoms with Crippen molar-refractivity contribution in [1.29, 1.82) is 0 Å². The molecule has 1 atom stereocenters. The van der Waals surface area contributed by atoms with Gasteiger partial charge in [-0.25, -0.2) is 0 Å². The van der Waals surface area contributed by atoms with E-state index in [0.717, 1.165) is 19.3 Å². The molecule has 0 bridgehead atoms. The third-order valence-electron chi connectivity index (χ3n) is 3.01. The van der Waals surface area contributed by atoms with Crippen molar-refractivity contribution in [2.45, 2.75) is 58.9 Å². The molecule has 0 saturated heterocycles. The number of aliphatic carboxylic acids is 1. The second kappa shape index (κ2) is 10.8. The largest absolute Gasteiger partial charge is 0.481 e. The second-order valence-corrected chi connectivity index (χ2v) is 5.26. The van der Waals surface area contributed by atoms with Crippen LogP contribution in [0.4, 0.5) is 0 Å². The Bertz CT molecular complexity index is 267. The van der Waals surface area contributed by atoms with Crippen molar-refractivity contribution in [3.63, 3.8) is 0 Å². The number of carbonyl (C=O) groups is 2. The number of hydrogen-bond donors (Lipinski definition) is 3. The number of carboxylic acid groups (broad SMARTS) is 1. The van der Waals surface area contributed by atoms with Gasteiger partial charge in [-0.15, -0.1) is 0 Å². The van der Waals surface area contributed by atoms with Gasteiger partial charge in [0.15, 0.2) is 0 Å². The third kappa shape index (κ3) is 11.7. The van der Waals surface area contributed by atoms with Gasteiger partial charge < -0.3 is 15.7 Å². The number of rotatable bonds is 11. The standard InChI is InChI=1S/C14H28N2O3/c1-4-5-12(6-7-14(18)19)8-9-15-13(17)10-16-11(2)3/h11-12,16H,4-10H2,1-3H3,(H,15,17)(H,18,19). The maximum absolute atomic E-state index is 11.5. The Morgan fingerprint density at radius 3 is 2.37 bits per heavy atom. The van der Waals surface area contributed by atoms with Crippen molar-refractivity contribution in [3.8, 4) is 0 Å². The van der Waals surface area contributed by atoms with Crippen LogP contribution in [0, 0.1) is 5.92 Å². The summed E-state index contributed by atoms with van der Waals surface area (Å²) in [6.07, 6.45) is 3.84. The van der Waals surface area contributed by atoms with E-state index in [9.17, 15) is 9.59 Å². The summed E-state index contributed by atoms with van der Waals surface area (Å²) in [4.78, 5) is 22.0. The Hall–Kier alpha value is -1.10. The highest BCUT2D eigenvalue weighted by molar-refractivity contribution is 5.77. The molecule has 0 radical (unpaired) electrons. The average molecular weight is 272 g/mol. The first-order valence-corrected chi connectivity index (χ1v) is 7.17. The molecule has 0 spiro atoms. The summed E-state index contributed by atoms with van der Waals surface area (Å²) in [6, 6.07) is 0.300. The Morgan fingerprint density at radius 2 is 1.84 bits per heavy atom.